The van der Waals surface area contributed by atoms with Gasteiger partial charge in [0.25, 0.3) is 0 Å². The van der Waals surface area contributed by atoms with Gasteiger partial charge in [-0.25, -0.2) is 0 Å². The van der Waals surface area contributed by atoms with Gasteiger partial charge in [-0.3, -0.25) is 0 Å². The van der Waals surface area contributed by atoms with Gasteiger partial charge in [-0.2, -0.15) is 0 Å². The van der Waals surface area contributed by atoms with Gasteiger partial charge >= 0.3 is 0 Å². The number of fused-ring (bicyclic) bond motifs is 3. The number of aromatic nitrogens is 1. The second-order valence-corrected chi connectivity index (χ2v) is 8.33. The molecule has 2 nitrogen and oxygen atoms in total. The first-order chi connectivity index (χ1) is 16.3. The summed E-state index contributed by atoms with van der Waals surface area (Å²) in [5.74, 6) is 0. The van der Waals surface area contributed by atoms with E-state index in [-0.39, 0.29) is 0 Å². The Bertz CT molecular complexity index is 1560. The van der Waals surface area contributed by atoms with Crippen LogP contribution in [0.25, 0.3) is 38.6 Å². The molecule has 158 valence electrons. The third-order valence-corrected chi connectivity index (χ3v) is 6.42. The second kappa shape index (κ2) is 7.99. The van der Waals surface area contributed by atoms with E-state index in [2.05, 4.69) is 144 Å². The standard InChI is InChI=1S/C31H24N2/c1-32(24-14-6-3-7-15-24)25-20-21-31-28(22-25)27-17-9-11-19-30(27)33(31)29-18-10-8-16-26(29)23-12-4-2-5-13-23/h2-22H,1H3. The zero-order chi connectivity index (χ0) is 22.2. The number of benzene rings is 5. The quantitative estimate of drug-likeness (QED) is 0.277. The highest BCUT2D eigenvalue weighted by atomic mass is 15.1. The fourth-order valence-electron chi connectivity index (χ4n) is 4.76. The largest absolute Gasteiger partial charge is 0.345 e. The van der Waals surface area contributed by atoms with Crippen molar-refractivity contribution < 1.29 is 0 Å². The van der Waals surface area contributed by atoms with Gasteiger partial charge in [-0.05, 0) is 48.0 Å². The lowest BCUT2D eigenvalue weighted by Gasteiger charge is -2.20. The molecule has 0 N–H and O–H groups in total. The van der Waals surface area contributed by atoms with Crippen LogP contribution in [0.15, 0.2) is 127 Å². The van der Waals surface area contributed by atoms with Crippen molar-refractivity contribution in [3.05, 3.63) is 127 Å². The van der Waals surface area contributed by atoms with E-state index in [9.17, 15) is 0 Å². The highest BCUT2D eigenvalue weighted by molar-refractivity contribution is 6.10. The fraction of sp³-hybridized carbons (Fsp3) is 0.0323. The van der Waals surface area contributed by atoms with Crippen molar-refractivity contribution in [3.8, 4) is 16.8 Å². The predicted molar refractivity (Wildman–Crippen MR) is 141 cm³/mol. The first kappa shape index (κ1) is 19.4. The van der Waals surface area contributed by atoms with Crippen LogP contribution in [0, 0.1) is 0 Å². The lowest BCUT2D eigenvalue weighted by molar-refractivity contribution is 1.18. The Morgan fingerprint density at radius 2 is 1.15 bits per heavy atom. The minimum absolute atomic E-state index is 1.17. The smallest absolute Gasteiger partial charge is 0.0542 e. The van der Waals surface area contributed by atoms with Gasteiger partial charge in [0.1, 0.15) is 0 Å². The third kappa shape index (κ3) is 3.28. The molecular weight excluding hydrogens is 400 g/mol. The SMILES string of the molecule is CN(c1ccccc1)c1ccc2c(c1)c1ccccc1n2-c1ccccc1-c1ccccc1. The summed E-state index contributed by atoms with van der Waals surface area (Å²) in [6.45, 7) is 0. The van der Waals surface area contributed by atoms with E-state index in [0.29, 0.717) is 0 Å². The molecule has 2 heteroatoms. The van der Waals surface area contributed by atoms with Crippen molar-refractivity contribution in [2.45, 2.75) is 0 Å². The highest BCUT2D eigenvalue weighted by Gasteiger charge is 2.16. The molecular formula is C31H24N2. The number of hydrogen-bond donors (Lipinski definition) is 0. The van der Waals surface area contributed by atoms with Crippen LogP contribution in [0.1, 0.15) is 0 Å². The second-order valence-electron chi connectivity index (χ2n) is 8.33. The molecule has 0 amide bonds. The molecule has 0 saturated carbocycles. The Kier molecular flexibility index (Phi) is 4.70. The molecule has 0 aliphatic rings. The topological polar surface area (TPSA) is 8.17 Å². The molecule has 6 aromatic rings. The fourth-order valence-corrected chi connectivity index (χ4v) is 4.76. The van der Waals surface area contributed by atoms with E-state index in [0.717, 1.165) is 0 Å². The summed E-state index contributed by atoms with van der Waals surface area (Å²) < 4.78 is 2.40. The molecule has 0 atom stereocenters. The van der Waals surface area contributed by atoms with Gasteiger partial charge < -0.3 is 9.47 Å². The van der Waals surface area contributed by atoms with Crippen molar-refractivity contribution in [3.63, 3.8) is 0 Å². The monoisotopic (exact) mass is 424 g/mol. The van der Waals surface area contributed by atoms with Crippen molar-refractivity contribution in [1.82, 2.24) is 4.57 Å². The zero-order valence-electron chi connectivity index (χ0n) is 18.5. The summed E-state index contributed by atoms with van der Waals surface area (Å²) in [7, 11) is 2.13. The van der Waals surface area contributed by atoms with Crippen LogP contribution in [0.2, 0.25) is 0 Å². The molecule has 1 aromatic heterocycles. The molecule has 5 aromatic carbocycles. The van der Waals surface area contributed by atoms with Crippen LogP contribution in [-0.2, 0) is 0 Å². The van der Waals surface area contributed by atoms with Crippen LogP contribution >= 0.6 is 0 Å². The van der Waals surface area contributed by atoms with Crippen LogP contribution in [0.4, 0.5) is 11.4 Å². The van der Waals surface area contributed by atoms with Crippen LogP contribution in [0.5, 0.6) is 0 Å². The summed E-state index contributed by atoms with van der Waals surface area (Å²) in [5, 5.41) is 2.52. The molecule has 0 bridgehead atoms. The summed E-state index contributed by atoms with van der Waals surface area (Å²) in [4.78, 5) is 2.24. The first-order valence-electron chi connectivity index (χ1n) is 11.3. The minimum Gasteiger partial charge on any atom is -0.345 e. The van der Waals surface area contributed by atoms with Crippen molar-refractivity contribution in [1.29, 1.82) is 0 Å². The normalized spacial score (nSPS) is 11.2. The maximum Gasteiger partial charge on any atom is 0.0542 e. The van der Waals surface area contributed by atoms with E-state index in [1.165, 1.54) is 50.0 Å². The van der Waals surface area contributed by atoms with E-state index in [4.69, 9.17) is 0 Å². The highest BCUT2D eigenvalue weighted by Crippen LogP contribution is 2.38. The van der Waals surface area contributed by atoms with Gasteiger partial charge in [0, 0.05) is 34.8 Å². The number of nitrogens with zero attached hydrogens (tertiary/aromatic N) is 2. The minimum atomic E-state index is 1.17. The summed E-state index contributed by atoms with van der Waals surface area (Å²) in [5.41, 5.74) is 8.42. The van der Waals surface area contributed by atoms with Crippen molar-refractivity contribution >= 4 is 33.2 Å². The molecule has 0 unspecified atom stereocenters. The average Bonchev–Trinajstić information content (AvgIpc) is 3.23. The molecule has 0 fully saturated rings. The number of anilines is 2. The molecule has 0 aliphatic heterocycles. The predicted octanol–water partition coefficient (Wildman–Crippen LogP) is 8.22. The van der Waals surface area contributed by atoms with Crippen LogP contribution < -0.4 is 4.90 Å². The summed E-state index contributed by atoms with van der Waals surface area (Å²) in [6.07, 6.45) is 0. The van der Waals surface area contributed by atoms with Gasteiger partial charge in [-0.1, -0.05) is 84.9 Å². The lowest BCUT2D eigenvalue weighted by Crippen LogP contribution is -2.08. The zero-order valence-corrected chi connectivity index (χ0v) is 18.5. The van der Waals surface area contributed by atoms with Gasteiger partial charge in [0.15, 0.2) is 0 Å². The number of hydrogen-bond acceptors (Lipinski definition) is 1. The summed E-state index contributed by atoms with van der Waals surface area (Å²) >= 11 is 0. The molecule has 33 heavy (non-hydrogen) atoms. The molecule has 1 heterocycles. The number of rotatable bonds is 4. The molecule has 0 radical (unpaired) electrons. The van der Waals surface area contributed by atoms with Crippen molar-refractivity contribution in [2.24, 2.45) is 0 Å². The molecule has 6 rings (SSSR count). The maximum absolute atomic E-state index is 2.40. The Hall–Kier alpha value is -4.30. The average molecular weight is 425 g/mol. The summed E-state index contributed by atoms with van der Waals surface area (Å²) in [6, 6.07) is 45.3. The van der Waals surface area contributed by atoms with Gasteiger partial charge in [0.2, 0.25) is 0 Å². The Morgan fingerprint density at radius 1 is 0.515 bits per heavy atom. The Labute approximate surface area is 194 Å². The Balaban J connectivity index is 1.60. The van der Waals surface area contributed by atoms with Crippen LogP contribution in [0.3, 0.4) is 0 Å². The molecule has 0 saturated heterocycles. The number of para-hydroxylation sites is 3. The third-order valence-electron chi connectivity index (χ3n) is 6.42. The van der Waals surface area contributed by atoms with Gasteiger partial charge in [0.05, 0.1) is 16.7 Å². The van der Waals surface area contributed by atoms with E-state index < -0.39 is 0 Å². The Morgan fingerprint density at radius 3 is 1.97 bits per heavy atom. The molecule has 0 aliphatic carbocycles. The van der Waals surface area contributed by atoms with Crippen LogP contribution in [-0.4, -0.2) is 11.6 Å². The van der Waals surface area contributed by atoms with E-state index in [1.807, 2.05) is 0 Å². The maximum atomic E-state index is 2.40. The van der Waals surface area contributed by atoms with E-state index in [1.54, 1.807) is 0 Å². The van der Waals surface area contributed by atoms with Gasteiger partial charge in [-0.15, -0.1) is 0 Å². The van der Waals surface area contributed by atoms with Crippen molar-refractivity contribution in [2.75, 3.05) is 11.9 Å². The lowest BCUT2D eigenvalue weighted by atomic mass is 10.0. The molecule has 0 spiro atoms. The van der Waals surface area contributed by atoms with E-state index >= 15 is 0 Å². The first-order valence-corrected chi connectivity index (χ1v) is 11.3.